The number of halogens is 1. The number of ketones is 1. The van der Waals surface area contributed by atoms with Crippen molar-refractivity contribution >= 4 is 18.2 Å². The Morgan fingerprint density at radius 1 is 1.31 bits per heavy atom. The van der Waals surface area contributed by atoms with Crippen molar-refractivity contribution in [1.29, 1.82) is 0 Å². The zero-order valence-electron chi connectivity index (χ0n) is 15.4. The highest BCUT2D eigenvalue weighted by Gasteiger charge is 2.65. The highest BCUT2D eigenvalue weighted by Crippen LogP contribution is 2.59. The number of carbonyl (C=O) groups excluding carboxylic acids is 1. The van der Waals surface area contributed by atoms with Crippen LogP contribution in [0.15, 0.2) is 18.2 Å². The Labute approximate surface area is 161 Å². The number of likely N-dealkylation sites (tertiary alicyclic amines) is 1. The monoisotopic (exact) mass is 377 g/mol. The summed E-state index contributed by atoms with van der Waals surface area (Å²) in [6, 6.07) is 6.12. The third kappa shape index (κ3) is 2.38. The molecule has 4 nitrogen and oxygen atoms in total. The van der Waals surface area contributed by atoms with Gasteiger partial charge in [0.2, 0.25) is 0 Å². The maximum atomic E-state index is 12.5. The first-order chi connectivity index (χ1) is 12.1. The summed E-state index contributed by atoms with van der Waals surface area (Å²) in [7, 11) is 1.84. The molecule has 2 bridgehead atoms. The van der Waals surface area contributed by atoms with E-state index in [1.54, 1.807) is 6.07 Å². The van der Waals surface area contributed by atoms with E-state index in [2.05, 4.69) is 11.0 Å². The second-order valence-electron chi connectivity index (χ2n) is 8.64. The molecular formula is C21H28ClNO3. The average molecular weight is 378 g/mol. The predicted molar refractivity (Wildman–Crippen MR) is 102 cm³/mol. The van der Waals surface area contributed by atoms with E-state index in [0.29, 0.717) is 30.4 Å². The normalized spacial score (nSPS) is 36.0. The molecule has 5 heteroatoms. The second-order valence-corrected chi connectivity index (χ2v) is 8.64. The van der Waals surface area contributed by atoms with Crippen LogP contribution in [-0.2, 0) is 21.4 Å². The molecule has 3 atom stereocenters. The molecule has 4 aliphatic rings. The molecule has 3 fully saturated rings. The Morgan fingerprint density at radius 2 is 2.12 bits per heavy atom. The molecule has 0 spiro atoms. The van der Waals surface area contributed by atoms with E-state index >= 15 is 0 Å². The van der Waals surface area contributed by atoms with Crippen LogP contribution in [0.4, 0.5) is 0 Å². The summed E-state index contributed by atoms with van der Waals surface area (Å²) in [5, 5.41) is 10.1. The fourth-order valence-electron chi connectivity index (χ4n) is 6.14. The van der Waals surface area contributed by atoms with Crippen LogP contribution < -0.4 is 0 Å². The standard InChI is InChI=1S/C21H27NO3.ClH/c1-25-21-7-6-17(24)12-20(21)8-9-22(13-14-2-3-14)19(21)10-15-4-5-16(23)11-18(15)20;/h4-5,11,14,19,23H,2-3,6-10,12-13H2,1H3;1H/t19-,20-,21?;/m1./s1. The van der Waals surface area contributed by atoms with Crippen molar-refractivity contribution in [3.8, 4) is 5.75 Å². The molecule has 1 aromatic carbocycles. The SMILES string of the molecule is COC12CCC(=O)C[C@@]13CCN(CC1CC1)[C@@H]2Cc1ccc(O)cc13.Cl. The number of hydrogen-bond acceptors (Lipinski definition) is 4. The van der Waals surface area contributed by atoms with Crippen LogP contribution in [0.3, 0.4) is 0 Å². The molecule has 5 rings (SSSR count). The molecule has 2 saturated carbocycles. The molecule has 1 unspecified atom stereocenters. The molecule has 0 aromatic heterocycles. The topological polar surface area (TPSA) is 49.8 Å². The van der Waals surface area contributed by atoms with Gasteiger partial charge in [0.1, 0.15) is 11.5 Å². The number of hydrogen-bond donors (Lipinski definition) is 1. The first-order valence-corrected chi connectivity index (χ1v) is 9.71. The summed E-state index contributed by atoms with van der Waals surface area (Å²) in [5.41, 5.74) is 1.90. The van der Waals surface area contributed by atoms with Crippen molar-refractivity contribution in [1.82, 2.24) is 4.90 Å². The fourth-order valence-corrected chi connectivity index (χ4v) is 6.14. The number of phenolic OH excluding ortho intramolecular Hbond substituents is 1. The predicted octanol–water partition coefficient (Wildman–Crippen LogP) is 3.23. The van der Waals surface area contributed by atoms with Crippen LogP contribution in [-0.4, -0.2) is 47.6 Å². The second kappa shape index (κ2) is 6.22. The van der Waals surface area contributed by atoms with Gasteiger partial charge in [-0.05, 0) is 67.8 Å². The van der Waals surface area contributed by atoms with Crippen LogP contribution in [0.5, 0.6) is 5.75 Å². The van der Waals surface area contributed by atoms with Gasteiger partial charge in [-0.3, -0.25) is 9.69 Å². The zero-order chi connectivity index (χ0) is 17.2. The third-order valence-corrected chi connectivity index (χ3v) is 7.47. The number of aromatic hydroxyl groups is 1. The van der Waals surface area contributed by atoms with Crippen molar-refractivity contribution < 1.29 is 14.6 Å². The maximum absolute atomic E-state index is 12.5. The summed E-state index contributed by atoms with van der Waals surface area (Å²) >= 11 is 0. The molecule has 0 radical (unpaired) electrons. The Morgan fingerprint density at radius 3 is 2.85 bits per heavy atom. The van der Waals surface area contributed by atoms with Crippen molar-refractivity contribution in [3.05, 3.63) is 29.3 Å². The number of ether oxygens (including phenoxy) is 1. The van der Waals surface area contributed by atoms with Crippen LogP contribution in [0.25, 0.3) is 0 Å². The average Bonchev–Trinajstić information content (AvgIpc) is 3.42. The molecule has 1 N–H and O–H groups in total. The minimum Gasteiger partial charge on any atom is -0.508 e. The van der Waals surface area contributed by atoms with E-state index in [4.69, 9.17) is 4.74 Å². The summed E-state index contributed by atoms with van der Waals surface area (Å²) < 4.78 is 6.34. The molecule has 1 saturated heterocycles. The number of nitrogens with zero attached hydrogens (tertiary/aromatic N) is 1. The smallest absolute Gasteiger partial charge is 0.134 e. The van der Waals surface area contributed by atoms with E-state index in [9.17, 15) is 9.90 Å². The van der Waals surface area contributed by atoms with Gasteiger partial charge in [0.15, 0.2) is 0 Å². The lowest BCUT2D eigenvalue weighted by molar-refractivity contribution is -0.187. The number of rotatable bonds is 3. The van der Waals surface area contributed by atoms with Gasteiger partial charge >= 0.3 is 0 Å². The number of Topliss-reactive ketones (excluding diaryl/α,β-unsaturated/α-hetero) is 1. The van der Waals surface area contributed by atoms with Gasteiger partial charge in [-0.15, -0.1) is 12.4 Å². The number of methoxy groups -OCH3 is 1. The highest BCUT2D eigenvalue weighted by molar-refractivity contribution is 5.85. The molecule has 1 heterocycles. The first-order valence-electron chi connectivity index (χ1n) is 9.71. The van der Waals surface area contributed by atoms with Crippen molar-refractivity contribution in [2.45, 2.75) is 62.0 Å². The summed E-state index contributed by atoms with van der Waals surface area (Å²) in [5.74, 6) is 1.50. The number of benzene rings is 1. The summed E-state index contributed by atoms with van der Waals surface area (Å²) in [6.07, 6.45) is 6.62. The lowest BCUT2D eigenvalue weighted by atomic mass is 9.49. The Kier molecular flexibility index (Phi) is 4.37. The molecule has 1 aliphatic heterocycles. The molecule has 26 heavy (non-hydrogen) atoms. The minimum absolute atomic E-state index is 0. The van der Waals surface area contributed by atoms with Gasteiger partial charge < -0.3 is 9.84 Å². The number of phenols is 1. The Balaban J connectivity index is 0.00000168. The zero-order valence-corrected chi connectivity index (χ0v) is 16.2. The first kappa shape index (κ1) is 18.3. The van der Waals surface area contributed by atoms with Gasteiger partial charge in [0, 0.05) is 38.0 Å². The van der Waals surface area contributed by atoms with Crippen molar-refractivity contribution in [2.75, 3.05) is 20.2 Å². The summed E-state index contributed by atoms with van der Waals surface area (Å²) in [6.45, 7) is 2.21. The van der Waals surface area contributed by atoms with Crippen LogP contribution >= 0.6 is 12.4 Å². The van der Waals surface area contributed by atoms with Crippen LogP contribution in [0, 0.1) is 5.92 Å². The maximum Gasteiger partial charge on any atom is 0.134 e. The lowest BCUT2D eigenvalue weighted by Gasteiger charge is -2.65. The molecular weight excluding hydrogens is 350 g/mol. The van der Waals surface area contributed by atoms with Gasteiger partial charge in [0.05, 0.1) is 5.60 Å². The number of fused-ring (bicyclic) bond motifs is 1. The fraction of sp³-hybridized carbons (Fsp3) is 0.667. The van der Waals surface area contributed by atoms with Gasteiger partial charge in [-0.25, -0.2) is 0 Å². The van der Waals surface area contributed by atoms with Crippen LogP contribution in [0.1, 0.15) is 49.7 Å². The quantitative estimate of drug-likeness (QED) is 0.878. The van der Waals surface area contributed by atoms with E-state index in [1.807, 2.05) is 13.2 Å². The third-order valence-electron chi connectivity index (χ3n) is 7.47. The Hall–Kier alpha value is -1.10. The molecule has 1 aromatic rings. The molecule has 0 amide bonds. The molecule has 142 valence electrons. The number of carbonyl (C=O) groups is 1. The number of piperidine rings is 1. The van der Waals surface area contributed by atoms with E-state index < -0.39 is 0 Å². The van der Waals surface area contributed by atoms with Crippen molar-refractivity contribution in [2.24, 2.45) is 5.92 Å². The van der Waals surface area contributed by atoms with Gasteiger partial charge in [-0.1, -0.05) is 6.07 Å². The van der Waals surface area contributed by atoms with Gasteiger partial charge in [-0.2, -0.15) is 0 Å². The van der Waals surface area contributed by atoms with Crippen molar-refractivity contribution in [3.63, 3.8) is 0 Å². The van der Waals surface area contributed by atoms with Gasteiger partial charge in [0.25, 0.3) is 0 Å². The van der Waals surface area contributed by atoms with E-state index in [-0.39, 0.29) is 23.4 Å². The van der Waals surface area contributed by atoms with E-state index in [0.717, 1.165) is 31.7 Å². The van der Waals surface area contributed by atoms with E-state index in [1.165, 1.54) is 30.5 Å². The lowest BCUT2D eigenvalue weighted by Crippen LogP contribution is -2.74. The summed E-state index contributed by atoms with van der Waals surface area (Å²) in [4.78, 5) is 15.2. The molecule has 3 aliphatic carbocycles. The largest absolute Gasteiger partial charge is 0.508 e. The Bertz CT molecular complexity index is 734. The highest BCUT2D eigenvalue weighted by atomic mass is 35.5. The van der Waals surface area contributed by atoms with Crippen LogP contribution in [0.2, 0.25) is 0 Å². The minimum atomic E-state index is -0.297.